The average molecular weight is 222 g/mol. The molecule has 6 heteroatoms. The summed E-state index contributed by atoms with van der Waals surface area (Å²) in [4.78, 5) is 17.8. The Morgan fingerprint density at radius 3 is 1.07 bits per heavy atom. The second-order valence-corrected chi connectivity index (χ2v) is 3.72. The predicted molar refractivity (Wildman–Crippen MR) is 49.0 cm³/mol. The number of hydrogen-bond acceptors (Lipinski definition) is 6. The van der Waals surface area contributed by atoms with Gasteiger partial charge in [-0.2, -0.15) is 0 Å². The molecule has 0 aliphatic rings. The third kappa shape index (κ3) is 64.2. The van der Waals surface area contributed by atoms with E-state index in [1.807, 2.05) is 0 Å². The number of aliphatic hydroxyl groups is 2. The van der Waals surface area contributed by atoms with E-state index < -0.39 is 18.2 Å². The summed E-state index contributed by atoms with van der Waals surface area (Å²) in [6, 6.07) is 0. The summed E-state index contributed by atoms with van der Waals surface area (Å²) < 4.78 is 0. The van der Waals surface area contributed by atoms with Crippen molar-refractivity contribution >= 4 is 11.9 Å². The van der Waals surface area contributed by atoms with Crippen LogP contribution in [0.3, 0.4) is 0 Å². The van der Waals surface area contributed by atoms with Crippen molar-refractivity contribution in [3.05, 3.63) is 0 Å². The van der Waals surface area contributed by atoms with E-state index in [0.29, 0.717) is 0 Å². The van der Waals surface area contributed by atoms with E-state index in [4.69, 9.17) is 30.0 Å². The normalized spacial score (nSPS) is 9.33. The summed E-state index contributed by atoms with van der Waals surface area (Å²) in [5.74, 6) is -2.17. The topological polar surface area (TPSA) is 121 Å². The number of carboxylic acid groups (broad SMARTS) is 2. The Morgan fingerprint density at radius 1 is 1.00 bits per heavy atom. The van der Waals surface area contributed by atoms with Crippen LogP contribution in [0.15, 0.2) is 0 Å². The van der Waals surface area contributed by atoms with Crippen molar-refractivity contribution in [3.8, 4) is 0 Å². The lowest BCUT2D eigenvalue weighted by Crippen LogP contribution is -2.24. The van der Waals surface area contributed by atoms with Gasteiger partial charge in [0, 0.05) is 17.4 Å². The van der Waals surface area contributed by atoms with E-state index in [0.717, 1.165) is 13.8 Å². The van der Waals surface area contributed by atoms with Crippen LogP contribution in [0.2, 0.25) is 0 Å². The lowest BCUT2D eigenvalue weighted by Gasteiger charge is -2.19. The SMILES string of the molecule is CC(=O)[O-].CC(=O)[O-].CC(C)(C)C(O)O. The van der Waals surface area contributed by atoms with Gasteiger partial charge in [-0.1, -0.05) is 20.8 Å². The fourth-order valence-electron chi connectivity index (χ4n) is 0. The van der Waals surface area contributed by atoms with Crippen LogP contribution in [0.5, 0.6) is 0 Å². The number of aliphatic carboxylic acids is 2. The summed E-state index contributed by atoms with van der Waals surface area (Å²) in [5, 5.41) is 34.7. The molecule has 0 aromatic heterocycles. The van der Waals surface area contributed by atoms with Gasteiger partial charge in [-0.25, -0.2) is 0 Å². The standard InChI is InChI=1S/C5H12O2.2C2H4O2/c1-5(2,3)4(6)7;2*1-2(3)4/h4,6-7H,1-3H3;2*1H3,(H,3,4)/p-2. The average Bonchev–Trinajstić information content (AvgIpc) is 1.80. The smallest absolute Gasteiger partial charge is 0.156 e. The van der Waals surface area contributed by atoms with Crippen LogP contribution in [0.1, 0.15) is 34.6 Å². The lowest BCUT2D eigenvalue weighted by molar-refractivity contribution is -0.303. The fraction of sp³-hybridized carbons (Fsp3) is 0.778. The Balaban J connectivity index is -0.000000155. The molecule has 0 heterocycles. The third-order valence-corrected chi connectivity index (χ3v) is 0.775. The largest absolute Gasteiger partial charge is 0.550 e. The molecular formula is C9H18O6-2. The molecule has 0 aromatic carbocycles. The second-order valence-electron chi connectivity index (χ2n) is 3.72. The van der Waals surface area contributed by atoms with Crippen LogP contribution in [0, 0.1) is 5.41 Å². The molecule has 0 atom stereocenters. The molecule has 0 rings (SSSR count). The number of hydrogen-bond donors (Lipinski definition) is 2. The summed E-state index contributed by atoms with van der Waals surface area (Å²) in [6.45, 7) is 7.23. The first-order valence-corrected chi connectivity index (χ1v) is 4.12. The van der Waals surface area contributed by atoms with Gasteiger partial charge < -0.3 is 30.0 Å². The predicted octanol–water partition coefficient (Wildman–Crippen LogP) is -2.14. The molecule has 0 aliphatic carbocycles. The summed E-state index contributed by atoms with van der Waals surface area (Å²) in [7, 11) is 0. The van der Waals surface area contributed by atoms with E-state index >= 15 is 0 Å². The number of carboxylic acids is 2. The van der Waals surface area contributed by atoms with Gasteiger partial charge >= 0.3 is 0 Å². The van der Waals surface area contributed by atoms with E-state index in [1.54, 1.807) is 20.8 Å². The molecule has 0 fully saturated rings. The minimum atomic E-state index is -1.20. The third-order valence-electron chi connectivity index (χ3n) is 0.775. The lowest BCUT2D eigenvalue weighted by atomic mass is 9.96. The summed E-state index contributed by atoms with van der Waals surface area (Å²) in [5.41, 5.74) is -0.389. The molecule has 0 amide bonds. The van der Waals surface area contributed by atoms with Crippen LogP contribution < -0.4 is 10.2 Å². The van der Waals surface area contributed by atoms with Gasteiger partial charge in [0.2, 0.25) is 0 Å². The second kappa shape index (κ2) is 9.42. The molecule has 0 spiro atoms. The van der Waals surface area contributed by atoms with Gasteiger partial charge in [0.05, 0.1) is 0 Å². The first-order chi connectivity index (χ1) is 6.41. The number of carbonyl (C=O) groups is 2. The van der Waals surface area contributed by atoms with Crippen LogP contribution in [-0.4, -0.2) is 28.4 Å². The highest BCUT2D eigenvalue weighted by molar-refractivity contribution is 5.60. The van der Waals surface area contributed by atoms with Gasteiger partial charge in [0.1, 0.15) is 0 Å². The first-order valence-electron chi connectivity index (χ1n) is 4.12. The van der Waals surface area contributed by atoms with E-state index in [-0.39, 0.29) is 5.41 Å². The molecule has 6 nitrogen and oxygen atoms in total. The summed E-state index contributed by atoms with van der Waals surface area (Å²) in [6.07, 6.45) is -1.20. The van der Waals surface area contributed by atoms with Gasteiger partial charge in [0.25, 0.3) is 0 Å². The molecule has 0 saturated heterocycles. The van der Waals surface area contributed by atoms with E-state index in [2.05, 4.69) is 0 Å². The van der Waals surface area contributed by atoms with Crippen molar-refractivity contribution in [1.82, 2.24) is 0 Å². The molecule has 15 heavy (non-hydrogen) atoms. The summed E-state index contributed by atoms with van der Waals surface area (Å²) >= 11 is 0. The molecule has 0 aromatic rings. The maximum absolute atomic E-state index is 8.89. The maximum atomic E-state index is 8.89. The monoisotopic (exact) mass is 222 g/mol. The molecule has 0 bridgehead atoms. The fourth-order valence-corrected chi connectivity index (χ4v) is 0. The molecule has 2 N–H and O–H groups in total. The highest BCUT2D eigenvalue weighted by Gasteiger charge is 2.18. The minimum Gasteiger partial charge on any atom is -0.550 e. The number of rotatable bonds is 0. The number of carbonyl (C=O) groups excluding carboxylic acids is 2. The van der Waals surface area contributed by atoms with Crippen LogP contribution in [0.25, 0.3) is 0 Å². The Morgan fingerprint density at radius 2 is 1.07 bits per heavy atom. The van der Waals surface area contributed by atoms with Gasteiger partial charge in [-0.3, -0.25) is 0 Å². The van der Waals surface area contributed by atoms with Crippen molar-refractivity contribution in [3.63, 3.8) is 0 Å². The number of aliphatic hydroxyl groups excluding tert-OH is 1. The zero-order chi connectivity index (χ0) is 13.2. The van der Waals surface area contributed by atoms with Crippen LogP contribution in [0.4, 0.5) is 0 Å². The van der Waals surface area contributed by atoms with Crippen LogP contribution in [-0.2, 0) is 9.59 Å². The van der Waals surface area contributed by atoms with Gasteiger partial charge in [-0.15, -0.1) is 0 Å². The molecule has 0 saturated carbocycles. The van der Waals surface area contributed by atoms with Gasteiger partial charge in [0.15, 0.2) is 6.29 Å². The zero-order valence-electron chi connectivity index (χ0n) is 9.60. The highest BCUT2D eigenvalue weighted by atomic mass is 16.5. The van der Waals surface area contributed by atoms with Crippen molar-refractivity contribution < 1.29 is 30.0 Å². The molecule has 92 valence electrons. The van der Waals surface area contributed by atoms with E-state index in [1.165, 1.54) is 0 Å². The van der Waals surface area contributed by atoms with Crippen molar-refractivity contribution in [2.75, 3.05) is 0 Å². The van der Waals surface area contributed by atoms with Crippen molar-refractivity contribution in [2.24, 2.45) is 5.41 Å². The molecular weight excluding hydrogens is 204 g/mol. The Kier molecular flexibility index (Phi) is 12.2. The molecule has 0 radical (unpaired) electrons. The Hall–Kier alpha value is -1.14. The highest BCUT2D eigenvalue weighted by Crippen LogP contribution is 2.15. The minimum absolute atomic E-state index is 0.389. The zero-order valence-corrected chi connectivity index (χ0v) is 9.60. The van der Waals surface area contributed by atoms with E-state index in [9.17, 15) is 0 Å². The first kappa shape index (κ1) is 19.4. The van der Waals surface area contributed by atoms with Crippen molar-refractivity contribution in [2.45, 2.75) is 40.9 Å². The molecule has 0 unspecified atom stereocenters. The van der Waals surface area contributed by atoms with Crippen LogP contribution >= 0.6 is 0 Å². The Labute approximate surface area is 89.2 Å². The van der Waals surface area contributed by atoms with Crippen molar-refractivity contribution in [1.29, 1.82) is 0 Å². The Bertz CT molecular complexity index is 160. The molecule has 0 aliphatic heterocycles. The maximum Gasteiger partial charge on any atom is 0.156 e. The van der Waals surface area contributed by atoms with Gasteiger partial charge in [-0.05, 0) is 13.8 Å². The quantitative estimate of drug-likeness (QED) is 0.451.